The number of benzene rings is 1. The average molecular weight is 361 g/mol. The molecule has 0 bridgehead atoms. The lowest BCUT2D eigenvalue weighted by Crippen LogP contribution is -2.19. The van der Waals surface area contributed by atoms with Crippen molar-refractivity contribution in [2.75, 3.05) is 5.32 Å². The molecule has 3 aromatic rings. The molecular formula is C18H18ClFN4O. The Bertz CT molecular complexity index is 905. The second-order valence-corrected chi connectivity index (χ2v) is 6.66. The topological polar surface area (TPSA) is 59.8 Å². The number of rotatable bonds is 5. The van der Waals surface area contributed by atoms with Gasteiger partial charge in [0.2, 0.25) is 11.9 Å². The van der Waals surface area contributed by atoms with Crippen LogP contribution in [0.3, 0.4) is 0 Å². The Labute approximate surface area is 149 Å². The first kappa shape index (κ1) is 17.4. The van der Waals surface area contributed by atoms with Crippen molar-refractivity contribution in [1.29, 1.82) is 0 Å². The van der Waals surface area contributed by atoms with Crippen molar-refractivity contribution in [2.45, 2.75) is 26.8 Å². The van der Waals surface area contributed by atoms with Gasteiger partial charge >= 0.3 is 0 Å². The molecule has 0 fully saturated rings. The van der Waals surface area contributed by atoms with Gasteiger partial charge in [-0.15, -0.1) is 0 Å². The van der Waals surface area contributed by atoms with Gasteiger partial charge in [0.25, 0.3) is 0 Å². The smallest absolute Gasteiger partial charge is 0.231 e. The molecule has 0 saturated heterocycles. The van der Waals surface area contributed by atoms with E-state index in [4.69, 9.17) is 11.6 Å². The summed E-state index contributed by atoms with van der Waals surface area (Å²) in [7, 11) is 0. The number of anilines is 1. The minimum Gasteiger partial charge on any atom is -0.296 e. The van der Waals surface area contributed by atoms with Gasteiger partial charge in [-0.05, 0) is 35.7 Å². The standard InChI is InChI=1S/C18H18ClFN4O/c1-11(2)10-24-17-14(7-8-15(19)22-17)21-18(24)23-16(25)9-12-3-5-13(20)6-4-12/h3-8,11H,9-10H2,1-2H3,(H,21,23,25). The number of pyridine rings is 1. The lowest BCUT2D eigenvalue weighted by atomic mass is 10.1. The number of carbonyl (C=O) groups excluding carboxylic acids is 1. The number of carbonyl (C=O) groups is 1. The van der Waals surface area contributed by atoms with Gasteiger partial charge in [0, 0.05) is 6.54 Å². The predicted octanol–water partition coefficient (Wildman–Crippen LogP) is 4.06. The molecule has 25 heavy (non-hydrogen) atoms. The molecule has 1 N–H and O–H groups in total. The van der Waals surface area contributed by atoms with E-state index in [1.807, 2.05) is 4.57 Å². The maximum atomic E-state index is 13.0. The molecule has 1 amide bonds. The highest BCUT2D eigenvalue weighted by Gasteiger charge is 2.16. The fourth-order valence-electron chi connectivity index (χ4n) is 2.57. The molecule has 0 aliphatic rings. The van der Waals surface area contributed by atoms with Crippen LogP contribution in [0.15, 0.2) is 36.4 Å². The van der Waals surface area contributed by atoms with Gasteiger partial charge in [0.1, 0.15) is 16.5 Å². The van der Waals surface area contributed by atoms with Gasteiger partial charge in [-0.3, -0.25) is 14.7 Å². The van der Waals surface area contributed by atoms with E-state index in [1.165, 1.54) is 12.1 Å². The van der Waals surface area contributed by atoms with Crippen molar-refractivity contribution in [1.82, 2.24) is 14.5 Å². The molecule has 2 heterocycles. The molecular weight excluding hydrogens is 343 g/mol. The molecule has 7 heteroatoms. The van der Waals surface area contributed by atoms with Crippen molar-refractivity contribution in [3.63, 3.8) is 0 Å². The quantitative estimate of drug-likeness (QED) is 0.698. The highest BCUT2D eigenvalue weighted by molar-refractivity contribution is 6.29. The molecule has 0 aliphatic heterocycles. The van der Waals surface area contributed by atoms with E-state index in [-0.39, 0.29) is 18.1 Å². The van der Waals surface area contributed by atoms with Crippen LogP contribution in [0.5, 0.6) is 0 Å². The van der Waals surface area contributed by atoms with Crippen molar-refractivity contribution < 1.29 is 9.18 Å². The maximum Gasteiger partial charge on any atom is 0.231 e. The van der Waals surface area contributed by atoms with Crippen LogP contribution in [0, 0.1) is 11.7 Å². The molecule has 0 spiro atoms. The first-order valence-corrected chi connectivity index (χ1v) is 8.37. The Morgan fingerprint density at radius 2 is 1.92 bits per heavy atom. The number of halogens is 2. The summed E-state index contributed by atoms with van der Waals surface area (Å²) in [6, 6.07) is 9.30. The zero-order valence-electron chi connectivity index (χ0n) is 14.0. The summed E-state index contributed by atoms with van der Waals surface area (Å²) in [4.78, 5) is 21.1. The summed E-state index contributed by atoms with van der Waals surface area (Å²) in [5, 5.41) is 3.20. The molecule has 2 aromatic heterocycles. The first-order chi connectivity index (χ1) is 11.9. The molecule has 0 radical (unpaired) electrons. The van der Waals surface area contributed by atoms with Crippen LogP contribution < -0.4 is 5.32 Å². The summed E-state index contributed by atoms with van der Waals surface area (Å²) in [6.07, 6.45) is 0.138. The van der Waals surface area contributed by atoms with Crippen molar-refractivity contribution in [2.24, 2.45) is 5.92 Å². The second-order valence-electron chi connectivity index (χ2n) is 6.27. The van der Waals surface area contributed by atoms with Gasteiger partial charge in [-0.1, -0.05) is 37.6 Å². The number of nitrogens with zero attached hydrogens (tertiary/aromatic N) is 3. The number of amides is 1. The van der Waals surface area contributed by atoms with Crippen molar-refractivity contribution >= 4 is 34.6 Å². The number of nitrogens with one attached hydrogen (secondary N) is 1. The van der Waals surface area contributed by atoms with Crippen LogP contribution in [0.2, 0.25) is 5.15 Å². The third kappa shape index (κ3) is 4.14. The highest BCUT2D eigenvalue weighted by atomic mass is 35.5. The van der Waals surface area contributed by atoms with E-state index in [9.17, 15) is 9.18 Å². The van der Waals surface area contributed by atoms with E-state index < -0.39 is 0 Å². The van der Waals surface area contributed by atoms with Gasteiger partial charge in [-0.2, -0.15) is 0 Å². The first-order valence-electron chi connectivity index (χ1n) is 7.99. The maximum absolute atomic E-state index is 13.0. The summed E-state index contributed by atoms with van der Waals surface area (Å²) < 4.78 is 14.8. The summed E-state index contributed by atoms with van der Waals surface area (Å²) in [6.45, 7) is 4.79. The van der Waals surface area contributed by atoms with Crippen molar-refractivity contribution in [3.05, 3.63) is 52.9 Å². The molecule has 5 nitrogen and oxygen atoms in total. The van der Waals surface area contributed by atoms with Crippen LogP contribution >= 0.6 is 11.6 Å². The van der Waals surface area contributed by atoms with Crippen LogP contribution in [0.25, 0.3) is 11.2 Å². The Balaban J connectivity index is 1.86. The van der Waals surface area contributed by atoms with E-state index in [2.05, 4.69) is 29.1 Å². The van der Waals surface area contributed by atoms with E-state index in [0.29, 0.717) is 34.7 Å². The van der Waals surface area contributed by atoms with Crippen LogP contribution in [0.1, 0.15) is 19.4 Å². The van der Waals surface area contributed by atoms with Gasteiger partial charge in [-0.25, -0.2) is 14.4 Å². The highest BCUT2D eigenvalue weighted by Crippen LogP contribution is 2.22. The minimum atomic E-state index is -0.328. The molecule has 3 rings (SSSR count). The molecule has 0 saturated carbocycles. The van der Waals surface area contributed by atoms with Gasteiger partial charge in [0.05, 0.1) is 6.42 Å². The summed E-state index contributed by atoms with van der Waals surface area (Å²) >= 11 is 5.99. The fraction of sp³-hybridized carbons (Fsp3) is 0.278. The SMILES string of the molecule is CC(C)Cn1c(NC(=O)Cc2ccc(F)cc2)nc2ccc(Cl)nc21. The van der Waals surface area contributed by atoms with Crippen molar-refractivity contribution in [3.8, 4) is 0 Å². The molecule has 0 unspecified atom stereocenters. The third-order valence-corrected chi connectivity index (χ3v) is 3.85. The molecule has 1 aromatic carbocycles. The van der Waals surface area contributed by atoms with Crippen LogP contribution in [0.4, 0.5) is 10.3 Å². The second kappa shape index (κ2) is 7.19. The Morgan fingerprint density at radius 1 is 1.20 bits per heavy atom. The Morgan fingerprint density at radius 3 is 2.60 bits per heavy atom. The number of hydrogen-bond acceptors (Lipinski definition) is 3. The lowest BCUT2D eigenvalue weighted by Gasteiger charge is -2.12. The molecule has 130 valence electrons. The van der Waals surface area contributed by atoms with Crippen LogP contribution in [-0.2, 0) is 17.8 Å². The van der Waals surface area contributed by atoms with E-state index in [1.54, 1.807) is 24.3 Å². The predicted molar refractivity (Wildman–Crippen MR) is 96.1 cm³/mol. The average Bonchev–Trinajstić information content (AvgIpc) is 2.86. The summed E-state index contributed by atoms with van der Waals surface area (Å²) in [5.74, 6) is 0.223. The van der Waals surface area contributed by atoms with Crippen LogP contribution in [-0.4, -0.2) is 20.4 Å². The molecule has 0 atom stereocenters. The Hall–Kier alpha value is -2.47. The number of imidazole rings is 1. The van der Waals surface area contributed by atoms with E-state index >= 15 is 0 Å². The zero-order valence-corrected chi connectivity index (χ0v) is 14.7. The zero-order chi connectivity index (χ0) is 18.0. The lowest BCUT2D eigenvalue weighted by molar-refractivity contribution is -0.115. The number of hydrogen-bond donors (Lipinski definition) is 1. The van der Waals surface area contributed by atoms with E-state index in [0.717, 1.165) is 5.56 Å². The normalized spacial score (nSPS) is 11.2. The monoisotopic (exact) mass is 360 g/mol. The third-order valence-electron chi connectivity index (χ3n) is 3.64. The van der Waals surface area contributed by atoms with Gasteiger partial charge in [0.15, 0.2) is 5.65 Å². The summed E-state index contributed by atoms with van der Waals surface area (Å²) in [5.41, 5.74) is 2.03. The van der Waals surface area contributed by atoms with Gasteiger partial charge < -0.3 is 0 Å². The fourth-order valence-corrected chi connectivity index (χ4v) is 2.71. The number of aromatic nitrogens is 3. The number of fused-ring (bicyclic) bond motifs is 1. The minimum absolute atomic E-state index is 0.138. The largest absolute Gasteiger partial charge is 0.296 e. The Kier molecular flexibility index (Phi) is 4.99. The molecule has 0 aliphatic carbocycles.